The molecule has 0 aromatic carbocycles. The summed E-state index contributed by atoms with van der Waals surface area (Å²) in [5.74, 6) is -0.386. The second-order valence-corrected chi connectivity index (χ2v) is 3.35. The van der Waals surface area contributed by atoms with Crippen LogP contribution in [0.25, 0.3) is 0 Å². The molecular formula is C8H16N2O2. The third-order valence-electron chi connectivity index (χ3n) is 2.40. The molecule has 12 heavy (non-hydrogen) atoms. The van der Waals surface area contributed by atoms with Crippen molar-refractivity contribution in [3.63, 3.8) is 0 Å². The van der Waals surface area contributed by atoms with Crippen LogP contribution in [-0.4, -0.2) is 30.2 Å². The van der Waals surface area contributed by atoms with E-state index in [9.17, 15) is 4.79 Å². The molecule has 1 fully saturated rings. The van der Waals surface area contributed by atoms with E-state index in [0.717, 1.165) is 19.5 Å². The minimum atomic E-state index is -0.729. The van der Waals surface area contributed by atoms with Gasteiger partial charge >= 0.3 is 5.97 Å². The van der Waals surface area contributed by atoms with Crippen LogP contribution in [0.3, 0.4) is 0 Å². The zero-order valence-corrected chi connectivity index (χ0v) is 7.12. The van der Waals surface area contributed by atoms with Gasteiger partial charge in [0.1, 0.15) is 0 Å². The van der Waals surface area contributed by atoms with Crippen LogP contribution in [0.2, 0.25) is 0 Å². The number of nitrogens with two attached hydrogens (primary N) is 1. The molecule has 0 aliphatic carbocycles. The van der Waals surface area contributed by atoms with Gasteiger partial charge in [0.15, 0.2) is 0 Å². The number of rotatable bonds is 3. The van der Waals surface area contributed by atoms with Gasteiger partial charge in [0.05, 0.1) is 0 Å². The molecule has 0 aromatic heterocycles. The highest BCUT2D eigenvalue weighted by atomic mass is 16.4. The summed E-state index contributed by atoms with van der Waals surface area (Å²) in [4.78, 5) is 10.3. The van der Waals surface area contributed by atoms with Crippen molar-refractivity contribution in [3.05, 3.63) is 0 Å². The molecule has 4 nitrogen and oxygen atoms in total. The van der Waals surface area contributed by atoms with Crippen molar-refractivity contribution >= 4 is 5.97 Å². The molecule has 0 aromatic rings. The summed E-state index contributed by atoms with van der Waals surface area (Å²) < 4.78 is 0. The minimum absolute atomic E-state index is 0.186. The first-order chi connectivity index (χ1) is 5.70. The van der Waals surface area contributed by atoms with Gasteiger partial charge in [-0.25, -0.2) is 0 Å². The van der Waals surface area contributed by atoms with Crippen molar-refractivity contribution in [2.24, 2.45) is 11.7 Å². The van der Waals surface area contributed by atoms with E-state index >= 15 is 0 Å². The summed E-state index contributed by atoms with van der Waals surface area (Å²) in [7, 11) is 0. The number of hydrogen-bond acceptors (Lipinski definition) is 3. The number of carboxylic acid groups (broad SMARTS) is 1. The quantitative estimate of drug-likeness (QED) is 0.550. The number of carbonyl (C=O) groups is 1. The first-order valence-corrected chi connectivity index (χ1v) is 4.38. The Balaban J connectivity index is 2.24. The van der Waals surface area contributed by atoms with E-state index in [1.807, 2.05) is 0 Å². The second-order valence-electron chi connectivity index (χ2n) is 3.35. The number of hydrogen-bond donors (Lipinski definition) is 3. The lowest BCUT2D eigenvalue weighted by molar-refractivity contribution is -0.137. The van der Waals surface area contributed by atoms with Gasteiger partial charge in [-0.15, -0.1) is 0 Å². The molecule has 1 aliphatic heterocycles. The highest BCUT2D eigenvalue weighted by Crippen LogP contribution is 2.14. The van der Waals surface area contributed by atoms with Crippen LogP contribution in [0.5, 0.6) is 0 Å². The van der Waals surface area contributed by atoms with Crippen LogP contribution in [0, 0.1) is 5.92 Å². The van der Waals surface area contributed by atoms with Crippen LogP contribution in [0.1, 0.15) is 19.3 Å². The number of piperidine rings is 1. The van der Waals surface area contributed by atoms with E-state index < -0.39 is 5.97 Å². The first kappa shape index (κ1) is 9.48. The van der Waals surface area contributed by atoms with Gasteiger partial charge in [0.25, 0.3) is 0 Å². The van der Waals surface area contributed by atoms with Crippen LogP contribution in [0.4, 0.5) is 0 Å². The van der Waals surface area contributed by atoms with Crippen molar-refractivity contribution in [2.45, 2.75) is 25.3 Å². The predicted molar refractivity (Wildman–Crippen MR) is 45.8 cm³/mol. The Morgan fingerprint density at radius 1 is 1.67 bits per heavy atom. The Morgan fingerprint density at radius 2 is 2.42 bits per heavy atom. The van der Waals surface area contributed by atoms with E-state index in [1.165, 1.54) is 0 Å². The van der Waals surface area contributed by atoms with Gasteiger partial charge in [-0.2, -0.15) is 0 Å². The highest BCUT2D eigenvalue weighted by molar-refractivity contribution is 5.66. The highest BCUT2D eigenvalue weighted by Gasteiger charge is 2.21. The van der Waals surface area contributed by atoms with Gasteiger partial charge < -0.3 is 16.2 Å². The minimum Gasteiger partial charge on any atom is -0.481 e. The Bertz CT molecular complexity index is 161. The Kier molecular flexibility index (Phi) is 3.49. The maximum Gasteiger partial charge on any atom is 0.303 e. The first-order valence-electron chi connectivity index (χ1n) is 4.38. The topological polar surface area (TPSA) is 75.3 Å². The molecule has 1 saturated heterocycles. The van der Waals surface area contributed by atoms with Crippen LogP contribution in [-0.2, 0) is 4.79 Å². The molecule has 0 radical (unpaired) electrons. The van der Waals surface area contributed by atoms with Crippen LogP contribution < -0.4 is 11.1 Å². The lowest BCUT2D eigenvalue weighted by atomic mass is 9.90. The molecule has 0 bridgehead atoms. The molecule has 1 rings (SSSR count). The van der Waals surface area contributed by atoms with Crippen molar-refractivity contribution in [3.8, 4) is 0 Å². The third-order valence-corrected chi connectivity index (χ3v) is 2.40. The third kappa shape index (κ3) is 2.79. The normalized spacial score (nSPS) is 30.1. The van der Waals surface area contributed by atoms with E-state index in [2.05, 4.69) is 5.32 Å². The summed E-state index contributed by atoms with van der Waals surface area (Å²) >= 11 is 0. The second kappa shape index (κ2) is 4.42. The molecule has 0 spiro atoms. The van der Waals surface area contributed by atoms with E-state index in [1.54, 1.807) is 0 Å². The summed E-state index contributed by atoms with van der Waals surface area (Å²) in [5, 5.41) is 11.7. The molecule has 1 heterocycles. The summed E-state index contributed by atoms with van der Waals surface area (Å²) in [6.07, 6.45) is 1.90. The van der Waals surface area contributed by atoms with Gasteiger partial charge in [-0.1, -0.05) is 0 Å². The van der Waals surface area contributed by atoms with Gasteiger partial charge in [0, 0.05) is 12.5 Å². The van der Waals surface area contributed by atoms with Crippen molar-refractivity contribution < 1.29 is 9.90 Å². The maximum absolute atomic E-state index is 10.3. The molecule has 4 N–H and O–H groups in total. The Labute approximate surface area is 72.1 Å². The molecule has 0 amide bonds. The molecule has 0 unspecified atom stereocenters. The average Bonchev–Trinajstić information content (AvgIpc) is 2.03. The smallest absolute Gasteiger partial charge is 0.303 e. The predicted octanol–water partition coefficient (Wildman–Crippen LogP) is -0.212. The summed E-state index contributed by atoms with van der Waals surface area (Å²) in [5.41, 5.74) is 5.83. The zero-order chi connectivity index (χ0) is 8.97. The molecule has 2 atom stereocenters. The van der Waals surface area contributed by atoms with Gasteiger partial charge in [0.2, 0.25) is 0 Å². The fraction of sp³-hybridized carbons (Fsp3) is 0.875. The maximum atomic E-state index is 10.3. The van der Waals surface area contributed by atoms with Crippen molar-refractivity contribution in [2.75, 3.05) is 13.1 Å². The molecule has 4 heteroatoms. The number of nitrogens with one attached hydrogen (secondary N) is 1. The standard InChI is InChI=1S/C8H16N2O2/c9-7-3-4-10-5-6(7)1-2-8(11)12/h6-7,10H,1-5,9H2,(H,11,12)/t6-,7-/m0/s1. The van der Waals surface area contributed by atoms with E-state index in [0.29, 0.717) is 12.3 Å². The summed E-state index contributed by atoms with van der Waals surface area (Å²) in [6, 6.07) is 0.186. The lowest BCUT2D eigenvalue weighted by Crippen LogP contribution is -2.44. The SMILES string of the molecule is N[C@H]1CCNC[C@@H]1CCC(=O)O. The fourth-order valence-electron chi connectivity index (χ4n) is 1.57. The van der Waals surface area contributed by atoms with E-state index in [4.69, 9.17) is 10.8 Å². The number of carboxylic acids is 1. The fourth-order valence-corrected chi connectivity index (χ4v) is 1.57. The Morgan fingerprint density at radius 3 is 3.00 bits per heavy atom. The van der Waals surface area contributed by atoms with Crippen molar-refractivity contribution in [1.82, 2.24) is 5.32 Å². The van der Waals surface area contributed by atoms with Crippen LogP contribution in [0.15, 0.2) is 0 Å². The molecular weight excluding hydrogens is 156 g/mol. The largest absolute Gasteiger partial charge is 0.481 e. The van der Waals surface area contributed by atoms with Gasteiger partial charge in [-0.05, 0) is 31.8 Å². The molecule has 0 saturated carbocycles. The Hall–Kier alpha value is -0.610. The lowest BCUT2D eigenvalue weighted by Gasteiger charge is -2.28. The van der Waals surface area contributed by atoms with E-state index in [-0.39, 0.29) is 12.5 Å². The van der Waals surface area contributed by atoms with Crippen molar-refractivity contribution in [1.29, 1.82) is 0 Å². The number of aliphatic carboxylic acids is 1. The van der Waals surface area contributed by atoms with Crippen LogP contribution >= 0.6 is 0 Å². The zero-order valence-electron chi connectivity index (χ0n) is 7.12. The molecule has 1 aliphatic rings. The van der Waals surface area contributed by atoms with Gasteiger partial charge in [-0.3, -0.25) is 4.79 Å². The molecule has 70 valence electrons. The monoisotopic (exact) mass is 172 g/mol. The summed E-state index contributed by atoms with van der Waals surface area (Å²) in [6.45, 7) is 1.83. The average molecular weight is 172 g/mol.